The Balaban J connectivity index is 2.37. The number of methoxy groups -OCH3 is 1. The van der Waals surface area contributed by atoms with Gasteiger partial charge in [0.25, 0.3) is 0 Å². The van der Waals surface area contributed by atoms with Crippen molar-refractivity contribution in [1.29, 1.82) is 0 Å². The molecule has 96 valence electrons. The molecule has 6 heteroatoms. The molecule has 0 amide bonds. The molecule has 2 aromatic rings. The van der Waals surface area contributed by atoms with Crippen LogP contribution in [0.4, 0.5) is 14.5 Å². The largest absolute Gasteiger partial charge is 0.396 e. The van der Waals surface area contributed by atoms with Crippen LogP contribution in [0.2, 0.25) is 0 Å². The van der Waals surface area contributed by atoms with Gasteiger partial charge in [0, 0.05) is 18.9 Å². The van der Waals surface area contributed by atoms with Crippen LogP contribution < -0.4 is 5.73 Å². The first-order valence-corrected chi connectivity index (χ1v) is 5.38. The highest BCUT2D eigenvalue weighted by molar-refractivity contribution is 5.68. The van der Waals surface area contributed by atoms with Crippen molar-refractivity contribution in [3.05, 3.63) is 36.2 Å². The summed E-state index contributed by atoms with van der Waals surface area (Å²) in [5.74, 6) is -1.42. The van der Waals surface area contributed by atoms with E-state index in [1.165, 1.54) is 12.3 Å². The molecule has 18 heavy (non-hydrogen) atoms. The summed E-state index contributed by atoms with van der Waals surface area (Å²) < 4.78 is 33.9. The van der Waals surface area contributed by atoms with Gasteiger partial charge >= 0.3 is 0 Å². The van der Waals surface area contributed by atoms with Gasteiger partial charge in [0.05, 0.1) is 30.6 Å². The van der Waals surface area contributed by atoms with Crippen LogP contribution in [-0.4, -0.2) is 23.5 Å². The Morgan fingerprint density at radius 3 is 2.89 bits per heavy atom. The van der Waals surface area contributed by atoms with Crippen LogP contribution in [0, 0.1) is 11.6 Å². The zero-order chi connectivity index (χ0) is 13.1. The molecule has 2 rings (SSSR count). The summed E-state index contributed by atoms with van der Waals surface area (Å²) >= 11 is 0. The van der Waals surface area contributed by atoms with E-state index >= 15 is 0 Å². The number of nitrogen functional groups attached to an aromatic ring is 1. The number of benzene rings is 1. The molecule has 0 aliphatic rings. The lowest BCUT2D eigenvalue weighted by Gasteiger charge is -2.04. The first kappa shape index (κ1) is 12.5. The van der Waals surface area contributed by atoms with Gasteiger partial charge in [-0.25, -0.2) is 8.78 Å². The van der Waals surface area contributed by atoms with Gasteiger partial charge in [-0.2, -0.15) is 5.10 Å². The van der Waals surface area contributed by atoms with Crippen LogP contribution in [0.3, 0.4) is 0 Å². The number of ether oxygens (including phenoxy) is 1. The Kier molecular flexibility index (Phi) is 3.57. The van der Waals surface area contributed by atoms with E-state index in [0.29, 0.717) is 18.7 Å². The highest BCUT2D eigenvalue weighted by atomic mass is 19.1. The molecule has 0 saturated carbocycles. The molecule has 0 aliphatic carbocycles. The number of nitrogens with zero attached hydrogens (tertiary/aromatic N) is 2. The van der Waals surface area contributed by atoms with Crippen LogP contribution in [0.15, 0.2) is 24.5 Å². The molecule has 2 N–H and O–H groups in total. The third-order valence-electron chi connectivity index (χ3n) is 2.57. The number of rotatable bonds is 4. The fourth-order valence-corrected chi connectivity index (χ4v) is 1.63. The molecule has 1 aromatic heterocycles. The minimum Gasteiger partial charge on any atom is -0.396 e. The van der Waals surface area contributed by atoms with E-state index in [1.54, 1.807) is 18.0 Å². The zero-order valence-corrected chi connectivity index (χ0v) is 9.86. The minimum absolute atomic E-state index is 0.0870. The number of hydrogen-bond acceptors (Lipinski definition) is 3. The SMILES string of the molecule is COCCn1cc(-c2c(F)ccc(N)c2F)cn1. The maximum Gasteiger partial charge on any atom is 0.156 e. The fourth-order valence-electron chi connectivity index (χ4n) is 1.63. The first-order chi connectivity index (χ1) is 8.63. The van der Waals surface area contributed by atoms with Crippen molar-refractivity contribution in [2.75, 3.05) is 19.5 Å². The van der Waals surface area contributed by atoms with Crippen LogP contribution in [0.5, 0.6) is 0 Å². The normalized spacial score (nSPS) is 10.8. The van der Waals surface area contributed by atoms with E-state index in [-0.39, 0.29) is 11.3 Å². The summed E-state index contributed by atoms with van der Waals surface area (Å²) in [7, 11) is 1.57. The second kappa shape index (κ2) is 5.14. The standard InChI is InChI=1S/C12H13F2N3O/c1-18-5-4-17-7-8(6-16-17)11-9(13)2-3-10(15)12(11)14/h2-3,6-7H,4-5,15H2,1H3. The van der Waals surface area contributed by atoms with Crippen molar-refractivity contribution in [3.63, 3.8) is 0 Å². The number of halogens is 2. The lowest BCUT2D eigenvalue weighted by atomic mass is 10.1. The number of anilines is 1. The highest BCUT2D eigenvalue weighted by Crippen LogP contribution is 2.28. The predicted octanol–water partition coefficient (Wildman–Crippen LogP) is 2.06. The third kappa shape index (κ3) is 2.33. The lowest BCUT2D eigenvalue weighted by Crippen LogP contribution is -2.03. The Morgan fingerprint density at radius 1 is 1.39 bits per heavy atom. The molecule has 0 spiro atoms. The van der Waals surface area contributed by atoms with Crippen LogP contribution in [0.1, 0.15) is 0 Å². The molecule has 0 radical (unpaired) electrons. The van der Waals surface area contributed by atoms with E-state index in [2.05, 4.69) is 5.10 Å². The van der Waals surface area contributed by atoms with E-state index in [4.69, 9.17) is 10.5 Å². The predicted molar refractivity (Wildman–Crippen MR) is 63.9 cm³/mol. The van der Waals surface area contributed by atoms with Crippen LogP contribution >= 0.6 is 0 Å². The van der Waals surface area contributed by atoms with E-state index < -0.39 is 11.6 Å². The summed E-state index contributed by atoms with van der Waals surface area (Å²) in [6, 6.07) is 2.34. The Bertz CT molecular complexity index is 554. The van der Waals surface area contributed by atoms with Gasteiger partial charge in [-0.15, -0.1) is 0 Å². The fraction of sp³-hybridized carbons (Fsp3) is 0.250. The Hall–Kier alpha value is -1.95. The van der Waals surface area contributed by atoms with Gasteiger partial charge in [-0.05, 0) is 12.1 Å². The van der Waals surface area contributed by atoms with Gasteiger partial charge in [-0.1, -0.05) is 0 Å². The molecule has 0 bridgehead atoms. The highest BCUT2D eigenvalue weighted by Gasteiger charge is 2.15. The summed E-state index contributed by atoms with van der Waals surface area (Å²) in [6.07, 6.45) is 2.95. The van der Waals surface area contributed by atoms with Crippen molar-refractivity contribution in [1.82, 2.24) is 9.78 Å². The van der Waals surface area contributed by atoms with E-state index in [9.17, 15) is 8.78 Å². The second-order valence-corrected chi connectivity index (χ2v) is 3.81. The average Bonchev–Trinajstić information content (AvgIpc) is 2.80. The molecule has 0 fully saturated rings. The summed E-state index contributed by atoms with van der Waals surface area (Å²) in [5.41, 5.74) is 5.54. The van der Waals surface area contributed by atoms with Crippen molar-refractivity contribution < 1.29 is 13.5 Å². The molecule has 1 heterocycles. The lowest BCUT2D eigenvalue weighted by molar-refractivity contribution is 0.183. The number of hydrogen-bond donors (Lipinski definition) is 1. The summed E-state index contributed by atoms with van der Waals surface area (Å²) in [4.78, 5) is 0. The molecule has 0 saturated heterocycles. The van der Waals surface area contributed by atoms with Gasteiger partial charge in [-0.3, -0.25) is 4.68 Å². The van der Waals surface area contributed by atoms with Gasteiger partial charge < -0.3 is 10.5 Å². The molecule has 4 nitrogen and oxygen atoms in total. The van der Waals surface area contributed by atoms with E-state index in [0.717, 1.165) is 6.07 Å². The van der Waals surface area contributed by atoms with Crippen LogP contribution in [0.25, 0.3) is 11.1 Å². The number of aromatic nitrogens is 2. The molecular weight excluding hydrogens is 240 g/mol. The third-order valence-corrected chi connectivity index (χ3v) is 2.57. The summed E-state index contributed by atoms with van der Waals surface area (Å²) in [6.45, 7) is 0.991. The monoisotopic (exact) mass is 253 g/mol. The molecule has 0 unspecified atom stereocenters. The molecule has 0 atom stereocenters. The minimum atomic E-state index is -0.763. The first-order valence-electron chi connectivity index (χ1n) is 5.38. The second-order valence-electron chi connectivity index (χ2n) is 3.81. The topological polar surface area (TPSA) is 53.1 Å². The van der Waals surface area contributed by atoms with Crippen LogP contribution in [-0.2, 0) is 11.3 Å². The quantitative estimate of drug-likeness (QED) is 0.848. The maximum atomic E-state index is 13.8. The van der Waals surface area contributed by atoms with Crippen molar-refractivity contribution >= 4 is 5.69 Å². The molecule has 1 aromatic carbocycles. The average molecular weight is 253 g/mol. The smallest absolute Gasteiger partial charge is 0.156 e. The maximum absolute atomic E-state index is 13.8. The van der Waals surface area contributed by atoms with Crippen molar-refractivity contribution in [2.45, 2.75) is 6.54 Å². The molecule has 0 aliphatic heterocycles. The molecular formula is C12H13F2N3O. The van der Waals surface area contributed by atoms with Gasteiger partial charge in [0.1, 0.15) is 5.82 Å². The van der Waals surface area contributed by atoms with Gasteiger partial charge in [0.2, 0.25) is 0 Å². The zero-order valence-electron chi connectivity index (χ0n) is 9.86. The summed E-state index contributed by atoms with van der Waals surface area (Å²) in [5, 5.41) is 4.00. The van der Waals surface area contributed by atoms with Gasteiger partial charge in [0.15, 0.2) is 5.82 Å². The Labute approximate surface area is 103 Å². The number of nitrogens with two attached hydrogens (primary N) is 1. The van der Waals surface area contributed by atoms with E-state index in [1.807, 2.05) is 0 Å². The van der Waals surface area contributed by atoms with Crippen molar-refractivity contribution in [3.8, 4) is 11.1 Å². The Morgan fingerprint density at radius 2 is 2.17 bits per heavy atom. The van der Waals surface area contributed by atoms with Crippen molar-refractivity contribution in [2.24, 2.45) is 0 Å².